The minimum absolute atomic E-state index is 0.155. The Balaban J connectivity index is 2.43. The zero-order valence-electron chi connectivity index (χ0n) is 15.5. The van der Waals surface area contributed by atoms with Crippen molar-refractivity contribution in [1.82, 2.24) is 0 Å². The molecule has 2 amide bonds. The summed E-state index contributed by atoms with van der Waals surface area (Å²) in [5.41, 5.74) is 7.01. The van der Waals surface area contributed by atoms with Crippen molar-refractivity contribution < 1.29 is 18.0 Å². The summed E-state index contributed by atoms with van der Waals surface area (Å²) in [6, 6.07) is 12.2. The second-order valence-electron chi connectivity index (χ2n) is 6.22. The minimum atomic E-state index is -3.73. The molecule has 2 aromatic carbocycles. The quantitative estimate of drug-likeness (QED) is 0.757. The Morgan fingerprint density at radius 2 is 1.81 bits per heavy atom. The van der Waals surface area contributed by atoms with Crippen molar-refractivity contribution in [3.63, 3.8) is 0 Å². The van der Waals surface area contributed by atoms with Gasteiger partial charge in [-0.15, -0.1) is 0 Å². The Labute approximate surface area is 159 Å². The van der Waals surface area contributed by atoms with Crippen molar-refractivity contribution in [2.75, 3.05) is 15.9 Å². The first-order valence-electron chi connectivity index (χ1n) is 8.41. The fourth-order valence-electron chi connectivity index (χ4n) is 2.85. The van der Waals surface area contributed by atoms with Crippen molar-refractivity contribution in [3.8, 4) is 0 Å². The molecule has 8 heteroatoms. The van der Waals surface area contributed by atoms with Crippen molar-refractivity contribution in [2.24, 2.45) is 5.73 Å². The molecule has 27 heavy (non-hydrogen) atoms. The van der Waals surface area contributed by atoms with Crippen LogP contribution in [0.15, 0.2) is 48.5 Å². The first kappa shape index (κ1) is 20.4. The minimum Gasteiger partial charge on any atom is -0.366 e. The van der Waals surface area contributed by atoms with Gasteiger partial charge >= 0.3 is 0 Å². The van der Waals surface area contributed by atoms with Gasteiger partial charge in [0.15, 0.2) is 0 Å². The zero-order valence-corrected chi connectivity index (χ0v) is 16.3. The topological polar surface area (TPSA) is 110 Å². The van der Waals surface area contributed by atoms with Crippen LogP contribution in [0.2, 0.25) is 0 Å². The molecular formula is C19H23N3O4S. The number of carbonyl (C=O) groups excluding carboxylic acids is 2. The molecule has 7 nitrogen and oxygen atoms in total. The van der Waals surface area contributed by atoms with Crippen LogP contribution in [0, 0.1) is 6.92 Å². The fourth-order valence-corrected chi connectivity index (χ4v) is 4.05. The third-order valence-electron chi connectivity index (χ3n) is 4.04. The van der Waals surface area contributed by atoms with Gasteiger partial charge in [0.25, 0.3) is 5.91 Å². The molecule has 1 atom stereocenters. The SMILES string of the molecule is CCC(C(=O)Nc1ccccc1C(N)=O)N(c1cccc(C)c1)S(C)(=O)=O. The molecule has 2 aromatic rings. The van der Waals surface area contributed by atoms with Crippen LogP contribution in [-0.2, 0) is 14.8 Å². The zero-order chi connectivity index (χ0) is 20.2. The number of hydrogen-bond acceptors (Lipinski definition) is 4. The van der Waals surface area contributed by atoms with E-state index in [0.717, 1.165) is 16.1 Å². The lowest BCUT2D eigenvalue weighted by molar-refractivity contribution is -0.117. The Bertz CT molecular complexity index is 957. The Morgan fingerprint density at radius 3 is 2.37 bits per heavy atom. The Morgan fingerprint density at radius 1 is 1.15 bits per heavy atom. The lowest BCUT2D eigenvalue weighted by Gasteiger charge is -2.30. The van der Waals surface area contributed by atoms with Crippen molar-refractivity contribution in [1.29, 1.82) is 0 Å². The van der Waals surface area contributed by atoms with Gasteiger partial charge in [0, 0.05) is 0 Å². The molecule has 0 saturated heterocycles. The Hall–Kier alpha value is -2.87. The molecule has 0 fully saturated rings. The highest BCUT2D eigenvalue weighted by Crippen LogP contribution is 2.25. The fraction of sp³-hybridized carbons (Fsp3) is 0.263. The molecule has 144 valence electrons. The monoisotopic (exact) mass is 389 g/mol. The highest BCUT2D eigenvalue weighted by molar-refractivity contribution is 7.92. The molecule has 0 spiro atoms. The molecule has 3 N–H and O–H groups in total. The average molecular weight is 389 g/mol. The second kappa shape index (κ2) is 8.22. The molecule has 0 saturated carbocycles. The first-order valence-corrected chi connectivity index (χ1v) is 10.3. The van der Waals surface area contributed by atoms with E-state index in [1.165, 1.54) is 6.07 Å². The van der Waals surface area contributed by atoms with Crippen molar-refractivity contribution in [3.05, 3.63) is 59.7 Å². The number of nitrogens with one attached hydrogen (secondary N) is 1. The number of sulfonamides is 1. The number of aryl methyl sites for hydroxylation is 1. The summed E-state index contributed by atoms with van der Waals surface area (Å²) in [7, 11) is -3.73. The maximum atomic E-state index is 12.9. The largest absolute Gasteiger partial charge is 0.366 e. The standard InChI is InChI=1S/C19H23N3O4S/c1-4-17(19(24)21-16-11-6-5-10-15(16)18(20)23)22(27(3,25)26)14-9-7-8-13(2)12-14/h5-12,17H,4H2,1-3H3,(H2,20,23)(H,21,24). The van der Waals surface area contributed by atoms with E-state index in [1.54, 1.807) is 43.3 Å². The number of primary amides is 1. The lowest BCUT2D eigenvalue weighted by atomic mass is 10.1. The molecule has 0 aromatic heterocycles. The molecule has 0 aliphatic heterocycles. The highest BCUT2D eigenvalue weighted by Gasteiger charge is 2.32. The molecule has 2 rings (SSSR count). The molecular weight excluding hydrogens is 366 g/mol. The third kappa shape index (κ3) is 4.85. The number of hydrogen-bond donors (Lipinski definition) is 2. The maximum absolute atomic E-state index is 12.9. The van der Waals surface area contributed by atoms with Crippen molar-refractivity contribution >= 4 is 33.2 Å². The van der Waals surface area contributed by atoms with Gasteiger partial charge in [-0.3, -0.25) is 13.9 Å². The van der Waals surface area contributed by atoms with E-state index in [1.807, 2.05) is 13.0 Å². The number of nitrogens with two attached hydrogens (primary N) is 1. The summed E-state index contributed by atoms with van der Waals surface area (Å²) in [4.78, 5) is 24.5. The van der Waals surface area contributed by atoms with Crippen molar-refractivity contribution in [2.45, 2.75) is 26.3 Å². The number of para-hydroxylation sites is 1. The number of benzene rings is 2. The van der Waals surface area contributed by atoms with Crippen LogP contribution in [0.25, 0.3) is 0 Å². The summed E-state index contributed by atoms with van der Waals surface area (Å²) in [6.45, 7) is 3.56. The first-order chi connectivity index (χ1) is 12.6. The van der Waals surface area contributed by atoms with E-state index in [2.05, 4.69) is 5.32 Å². The van der Waals surface area contributed by atoms with Crippen LogP contribution in [-0.4, -0.2) is 32.5 Å². The van der Waals surface area contributed by atoms with E-state index in [-0.39, 0.29) is 17.7 Å². The average Bonchev–Trinajstić information content (AvgIpc) is 2.58. The van der Waals surface area contributed by atoms with Gasteiger partial charge in [-0.2, -0.15) is 0 Å². The number of rotatable bonds is 7. The summed E-state index contributed by atoms with van der Waals surface area (Å²) in [5.74, 6) is -1.23. The van der Waals surface area contributed by atoms with Gasteiger partial charge < -0.3 is 11.1 Å². The van der Waals surface area contributed by atoms with Crippen LogP contribution < -0.4 is 15.4 Å². The molecule has 0 heterocycles. The molecule has 0 aliphatic carbocycles. The van der Waals surface area contributed by atoms with Gasteiger partial charge in [-0.05, 0) is 43.2 Å². The lowest BCUT2D eigenvalue weighted by Crippen LogP contribution is -2.47. The molecule has 1 unspecified atom stereocenters. The van der Waals surface area contributed by atoms with Crippen LogP contribution in [0.5, 0.6) is 0 Å². The summed E-state index contributed by atoms with van der Waals surface area (Å²) in [6.07, 6.45) is 1.30. The van der Waals surface area contributed by atoms with Gasteiger partial charge in [0.2, 0.25) is 15.9 Å². The van der Waals surface area contributed by atoms with E-state index >= 15 is 0 Å². The van der Waals surface area contributed by atoms with E-state index < -0.39 is 27.9 Å². The number of amides is 2. The predicted molar refractivity (Wildman–Crippen MR) is 106 cm³/mol. The van der Waals surface area contributed by atoms with Gasteiger partial charge in [0.1, 0.15) is 6.04 Å². The summed E-state index contributed by atoms with van der Waals surface area (Å²) >= 11 is 0. The highest BCUT2D eigenvalue weighted by atomic mass is 32.2. The van der Waals surface area contributed by atoms with Gasteiger partial charge in [-0.25, -0.2) is 8.42 Å². The normalized spacial score (nSPS) is 12.3. The summed E-state index contributed by atoms with van der Waals surface area (Å²) in [5, 5.41) is 2.63. The maximum Gasteiger partial charge on any atom is 0.250 e. The molecule has 0 aliphatic rings. The number of nitrogens with zero attached hydrogens (tertiary/aromatic N) is 1. The van der Waals surface area contributed by atoms with Gasteiger partial charge in [-0.1, -0.05) is 31.2 Å². The number of carbonyl (C=O) groups is 2. The van der Waals surface area contributed by atoms with Crippen LogP contribution in [0.4, 0.5) is 11.4 Å². The van der Waals surface area contributed by atoms with E-state index in [9.17, 15) is 18.0 Å². The van der Waals surface area contributed by atoms with E-state index in [4.69, 9.17) is 5.73 Å². The smallest absolute Gasteiger partial charge is 0.250 e. The Kier molecular flexibility index (Phi) is 6.22. The summed E-state index contributed by atoms with van der Waals surface area (Å²) < 4.78 is 26.0. The predicted octanol–water partition coefficient (Wildman–Crippen LogP) is 2.28. The third-order valence-corrected chi connectivity index (χ3v) is 5.22. The van der Waals surface area contributed by atoms with Crippen LogP contribution >= 0.6 is 0 Å². The second-order valence-corrected chi connectivity index (χ2v) is 8.08. The number of anilines is 2. The molecule has 0 radical (unpaired) electrons. The molecule has 0 bridgehead atoms. The van der Waals surface area contributed by atoms with E-state index in [0.29, 0.717) is 5.69 Å². The van der Waals surface area contributed by atoms with Crippen LogP contribution in [0.3, 0.4) is 0 Å². The van der Waals surface area contributed by atoms with Gasteiger partial charge in [0.05, 0.1) is 23.2 Å². The van der Waals surface area contributed by atoms with Crippen LogP contribution in [0.1, 0.15) is 29.3 Å².